The van der Waals surface area contributed by atoms with Crippen LogP contribution < -0.4 is 15.1 Å². The molecule has 1 atom stereocenters. The summed E-state index contributed by atoms with van der Waals surface area (Å²) in [4.78, 5) is 20.8. The number of aromatic nitrogens is 3. The average Bonchev–Trinajstić information content (AvgIpc) is 3.42. The number of ether oxygens (including phenoxy) is 1. The number of halogens is 1. The quantitative estimate of drug-likeness (QED) is 0.434. The van der Waals surface area contributed by atoms with Gasteiger partial charge in [-0.25, -0.2) is 9.37 Å². The number of hydrogen-bond donors (Lipinski definition) is 3. The third-order valence-electron chi connectivity index (χ3n) is 6.72. The number of anilines is 4. The van der Waals surface area contributed by atoms with Gasteiger partial charge in [-0.2, -0.15) is 10.4 Å². The van der Waals surface area contributed by atoms with Crippen molar-refractivity contribution in [3.8, 4) is 17.2 Å². The largest absolute Gasteiger partial charge is 0.377 e. The number of nitrogens with one attached hydrogen (secondary N) is 3. The van der Waals surface area contributed by atoms with Crippen LogP contribution in [-0.4, -0.2) is 59.6 Å². The number of benzene rings is 1. The van der Waals surface area contributed by atoms with Crippen LogP contribution in [0, 0.1) is 22.6 Å². The predicted molar refractivity (Wildman–Crippen MR) is 138 cm³/mol. The normalized spacial score (nSPS) is 18.0. The van der Waals surface area contributed by atoms with Crippen LogP contribution in [0.25, 0.3) is 11.1 Å². The number of morpholine rings is 1. The fourth-order valence-corrected chi connectivity index (χ4v) is 4.82. The second-order valence-corrected chi connectivity index (χ2v) is 9.11. The number of pyridine rings is 1. The van der Waals surface area contributed by atoms with Gasteiger partial charge >= 0.3 is 0 Å². The van der Waals surface area contributed by atoms with Crippen LogP contribution >= 0.6 is 0 Å². The predicted octanol–water partition coefficient (Wildman–Crippen LogP) is 3.97. The monoisotopic (exact) mass is 502 g/mol. The van der Waals surface area contributed by atoms with Crippen molar-refractivity contribution in [3.05, 3.63) is 47.4 Å². The first-order valence-corrected chi connectivity index (χ1v) is 12.2. The van der Waals surface area contributed by atoms with Gasteiger partial charge in [-0.1, -0.05) is 0 Å². The highest BCUT2D eigenvalue weighted by Crippen LogP contribution is 2.37. The van der Waals surface area contributed by atoms with E-state index in [1.807, 2.05) is 6.92 Å². The van der Waals surface area contributed by atoms with Crippen molar-refractivity contribution in [3.63, 3.8) is 0 Å². The lowest BCUT2D eigenvalue weighted by molar-refractivity contribution is -0.119. The molecule has 10 nitrogen and oxygen atoms in total. The summed E-state index contributed by atoms with van der Waals surface area (Å²) in [5.74, 6) is 0.792. The molecule has 2 aromatic heterocycles. The first-order valence-electron chi connectivity index (χ1n) is 12.2. The van der Waals surface area contributed by atoms with Crippen LogP contribution in [0.15, 0.2) is 30.5 Å². The summed E-state index contributed by atoms with van der Waals surface area (Å²) >= 11 is 0. The molecule has 0 radical (unpaired) electrons. The Morgan fingerprint density at radius 1 is 1.30 bits per heavy atom. The molecular weight excluding hydrogens is 475 g/mol. The highest BCUT2D eigenvalue weighted by atomic mass is 19.1. The number of H-pyrrole nitrogens is 1. The lowest BCUT2D eigenvalue weighted by atomic mass is 9.96. The molecule has 0 saturated carbocycles. The molecule has 11 heteroatoms. The van der Waals surface area contributed by atoms with E-state index in [4.69, 9.17) is 15.1 Å². The summed E-state index contributed by atoms with van der Waals surface area (Å²) in [7, 11) is 0. The summed E-state index contributed by atoms with van der Waals surface area (Å²) in [5.41, 5.74) is 1.39. The van der Waals surface area contributed by atoms with E-state index >= 15 is 4.39 Å². The number of rotatable bonds is 6. The van der Waals surface area contributed by atoms with Crippen molar-refractivity contribution in [2.45, 2.75) is 32.2 Å². The van der Waals surface area contributed by atoms with Crippen molar-refractivity contribution in [1.29, 1.82) is 10.7 Å². The molecule has 2 aliphatic rings. The highest BCUT2D eigenvalue weighted by Gasteiger charge is 2.27. The first-order chi connectivity index (χ1) is 18.0. The van der Waals surface area contributed by atoms with E-state index in [1.165, 1.54) is 17.0 Å². The Hall–Kier alpha value is -4.30. The summed E-state index contributed by atoms with van der Waals surface area (Å²) < 4.78 is 21.4. The van der Waals surface area contributed by atoms with Gasteiger partial charge in [-0.15, -0.1) is 0 Å². The van der Waals surface area contributed by atoms with Gasteiger partial charge < -0.3 is 25.3 Å². The molecule has 0 spiro atoms. The van der Waals surface area contributed by atoms with Crippen LogP contribution in [0.2, 0.25) is 0 Å². The molecule has 0 unspecified atom stereocenters. The third-order valence-corrected chi connectivity index (χ3v) is 6.72. The fourth-order valence-electron chi connectivity index (χ4n) is 4.82. The maximum absolute atomic E-state index is 15.8. The van der Waals surface area contributed by atoms with E-state index in [-0.39, 0.29) is 28.8 Å². The van der Waals surface area contributed by atoms with E-state index < -0.39 is 5.82 Å². The number of carbonyl (C=O) groups excluding carboxylic acids is 1. The summed E-state index contributed by atoms with van der Waals surface area (Å²) in [6, 6.07) is 8.35. The maximum Gasteiger partial charge on any atom is 0.227 e. The van der Waals surface area contributed by atoms with Gasteiger partial charge in [0.2, 0.25) is 5.91 Å². The molecule has 3 N–H and O–H groups in total. The molecule has 2 aliphatic heterocycles. The molecule has 1 amide bonds. The minimum Gasteiger partial charge on any atom is -0.377 e. The van der Waals surface area contributed by atoms with E-state index in [1.54, 1.807) is 18.3 Å². The Labute approximate surface area is 213 Å². The van der Waals surface area contributed by atoms with Crippen molar-refractivity contribution in [2.75, 3.05) is 41.4 Å². The minimum absolute atomic E-state index is 0.0342. The molecule has 5 rings (SSSR count). The third kappa shape index (κ3) is 4.75. The van der Waals surface area contributed by atoms with Crippen LogP contribution in [0.1, 0.15) is 37.3 Å². The molecule has 4 heterocycles. The smallest absolute Gasteiger partial charge is 0.227 e. The zero-order chi connectivity index (χ0) is 25.9. The number of piperidine rings is 1. The molecule has 1 aromatic carbocycles. The number of aromatic amines is 1. The van der Waals surface area contributed by atoms with E-state index in [9.17, 15) is 10.1 Å². The molecule has 3 aromatic rings. The van der Waals surface area contributed by atoms with Crippen LogP contribution in [-0.2, 0) is 9.53 Å². The SMILES string of the molecule is C[C@@H]1COCCN1c1cc(-c2cc(C#N)c(N3CCCCC3=O)cc2F)c(C=N)c(Nc2ccn[nH]2)n1. The second-order valence-electron chi connectivity index (χ2n) is 9.11. The van der Waals surface area contributed by atoms with Gasteiger partial charge in [0.05, 0.1) is 36.7 Å². The molecule has 37 heavy (non-hydrogen) atoms. The topological polar surface area (TPSA) is 134 Å². The summed E-state index contributed by atoms with van der Waals surface area (Å²) in [6.07, 6.45) is 4.65. The summed E-state index contributed by atoms with van der Waals surface area (Å²) in [6.45, 7) is 4.13. The molecule has 190 valence electrons. The van der Waals surface area contributed by atoms with Crippen molar-refractivity contribution >= 4 is 35.3 Å². The van der Waals surface area contributed by atoms with Gasteiger partial charge in [0.25, 0.3) is 0 Å². The molecule has 0 bridgehead atoms. The minimum atomic E-state index is -0.588. The standard InChI is InChI=1S/C26H27FN8O2/c1-16-15-37-9-8-34(16)24-11-18(20(14-29)26(32-24)31-23-5-6-30-33-23)19-10-17(13-28)22(12-21(19)27)35-7-3-2-4-25(35)36/h5-6,10-12,14,16,29H,2-4,7-9,15H2,1H3,(H2,30,31,32,33)/t16-/m1/s1. The zero-order valence-corrected chi connectivity index (χ0v) is 20.4. The van der Waals surface area contributed by atoms with Gasteiger partial charge in [-0.3, -0.25) is 9.89 Å². The Balaban J connectivity index is 1.67. The van der Waals surface area contributed by atoms with Crippen molar-refractivity contribution in [2.24, 2.45) is 0 Å². The van der Waals surface area contributed by atoms with Gasteiger partial charge in [0.15, 0.2) is 0 Å². The fraction of sp³-hybridized carbons (Fsp3) is 0.346. The van der Waals surface area contributed by atoms with Crippen molar-refractivity contribution in [1.82, 2.24) is 15.2 Å². The van der Waals surface area contributed by atoms with Gasteiger partial charge in [0, 0.05) is 48.5 Å². The maximum atomic E-state index is 15.8. The molecule has 0 aliphatic carbocycles. The number of nitrogens with zero attached hydrogens (tertiary/aromatic N) is 5. The zero-order valence-electron chi connectivity index (χ0n) is 20.4. The van der Waals surface area contributed by atoms with Crippen LogP contribution in [0.5, 0.6) is 0 Å². The average molecular weight is 503 g/mol. The number of hydrogen-bond acceptors (Lipinski definition) is 8. The number of carbonyl (C=O) groups is 1. The second kappa shape index (κ2) is 10.4. The lowest BCUT2D eigenvalue weighted by Gasteiger charge is -2.35. The van der Waals surface area contributed by atoms with Crippen molar-refractivity contribution < 1.29 is 13.9 Å². The van der Waals surface area contributed by atoms with E-state index in [0.29, 0.717) is 61.3 Å². The Bertz CT molecular complexity index is 1370. The molecular formula is C26H27FN8O2. The van der Waals surface area contributed by atoms with Gasteiger partial charge in [-0.05, 0) is 38.0 Å². The first kappa shape index (κ1) is 24.4. The number of nitriles is 1. The van der Waals surface area contributed by atoms with E-state index in [2.05, 4.69) is 26.5 Å². The highest BCUT2D eigenvalue weighted by molar-refractivity contribution is 5.98. The van der Waals surface area contributed by atoms with Gasteiger partial charge in [0.1, 0.15) is 29.3 Å². The Morgan fingerprint density at radius 3 is 2.86 bits per heavy atom. The molecule has 2 fully saturated rings. The summed E-state index contributed by atoms with van der Waals surface area (Å²) in [5, 5.41) is 28.0. The van der Waals surface area contributed by atoms with Crippen LogP contribution in [0.4, 0.5) is 27.5 Å². The number of amides is 1. The van der Waals surface area contributed by atoms with E-state index in [0.717, 1.165) is 19.1 Å². The Morgan fingerprint density at radius 2 is 2.16 bits per heavy atom. The Kier molecular flexibility index (Phi) is 6.83. The molecule has 2 saturated heterocycles. The lowest BCUT2D eigenvalue weighted by Crippen LogP contribution is -2.44. The van der Waals surface area contributed by atoms with Crippen LogP contribution in [0.3, 0.4) is 0 Å².